The third-order valence-corrected chi connectivity index (χ3v) is 3.60. The summed E-state index contributed by atoms with van der Waals surface area (Å²) >= 11 is 0. The van der Waals surface area contributed by atoms with Gasteiger partial charge in [-0.3, -0.25) is 0 Å². The standard InChI is InChI=1S/C20H20F3NO2/c1-2-26-19(25)13-18(20(21,22)23)24(14-16-9-5-3-6-10-16)15-17-11-7-4-8-12-17/h3-13H,2,14-15H2,1H3/b18-13+. The molecule has 0 amide bonds. The minimum Gasteiger partial charge on any atom is -0.463 e. The number of esters is 1. The van der Waals surface area contributed by atoms with E-state index in [4.69, 9.17) is 0 Å². The van der Waals surface area contributed by atoms with Crippen molar-refractivity contribution in [3.63, 3.8) is 0 Å². The maximum Gasteiger partial charge on any atom is 0.431 e. The van der Waals surface area contributed by atoms with E-state index in [-0.39, 0.29) is 19.7 Å². The topological polar surface area (TPSA) is 29.5 Å². The molecule has 0 heterocycles. The number of alkyl halides is 3. The van der Waals surface area contributed by atoms with Crippen molar-refractivity contribution in [2.45, 2.75) is 26.2 Å². The van der Waals surface area contributed by atoms with Crippen molar-refractivity contribution in [1.82, 2.24) is 4.90 Å². The minimum absolute atomic E-state index is 0.0117. The van der Waals surface area contributed by atoms with Crippen LogP contribution >= 0.6 is 0 Å². The summed E-state index contributed by atoms with van der Waals surface area (Å²) in [6.45, 7) is 1.59. The number of carbonyl (C=O) groups is 1. The van der Waals surface area contributed by atoms with Gasteiger partial charge in [-0.1, -0.05) is 60.7 Å². The zero-order valence-electron chi connectivity index (χ0n) is 14.4. The van der Waals surface area contributed by atoms with Crippen molar-refractivity contribution in [2.24, 2.45) is 0 Å². The van der Waals surface area contributed by atoms with Gasteiger partial charge in [0.25, 0.3) is 0 Å². The summed E-state index contributed by atoms with van der Waals surface area (Å²) in [5, 5.41) is 0. The van der Waals surface area contributed by atoms with Crippen LogP contribution in [0.4, 0.5) is 13.2 Å². The van der Waals surface area contributed by atoms with Crippen molar-refractivity contribution in [3.8, 4) is 0 Å². The zero-order valence-corrected chi connectivity index (χ0v) is 14.4. The Morgan fingerprint density at radius 1 is 0.962 bits per heavy atom. The van der Waals surface area contributed by atoms with Gasteiger partial charge in [-0.2, -0.15) is 13.2 Å². The van der Waals surface area contributed by atoms with Gasteiger partial charge >= 0.3 is 12.1 Å². The molecule has 2 aromatic rings. The van der Waals surface area contributed by atoms with Crippen LogP contribution in [0.1, 0.15) is 18.1 Å². The van der Waals surface area contributed by atoms with Crippen molar-refractivity contribution < 1.29 is 22.7 Å². The van der Waals surface area contributed by atoms with Crippen molar-refractivity contribution in [1.29, 1.82) is 0 Å². The van der Waals surface area contributed by atoms with E-state index in [1.807, 2.05) is 0 Å². The Balaban J connectivity index is 2.38. The second kappa shape index (κ2) is 9.08. The molecule has 0 N–H and O–H groups in total. The summed E-state index contributed by atoms with van der Waals surface area (Å²) in [5.41, 5.74) is 0.397. The quantitative estimate of drug-likeness (QED) is 0.528. The molecule has 0 saturated heterocycles. The molecule has 26 heavy (non-hydrogen) atoms. The van der Waals surface area contributed by atoms with Crippen molar-refractivity contribution in [3.05, 3.63) is 83.6 Å². The van der Waals surface area contributed by atoms with Crippen LogP contribution in [0.5, 0.6) is 0 Å². The molecule has 3 nitrogen and oxygen atoms in total. The van der Waals surface area contributed by atoms with Crippen molar-refractivity contribution >= 4 is 5.97 Å². The Morgan fingerprint density at radius 2 is 1.42 bits per heavy atom. The lowest BCUT2D eigenvalue weighted by molar-refractivity contribution is -0.139. The van der Waals surface area contributed by atoms with E-state index in [1.165, 1.54) is 0 Å². The average molecular weight is 363 g/mol. The average Bonchev–Trinajstić information content (AvgIpc) is 2.60. The van der Waals surface area contributed by atoms with Crippen LogP contribution in [0.2, 0.25) is 0 Å². The van der Waals surface area contributed by atoms with Crippen LogP contribution in [0.15, 0.2) is 72.4 Å². The molecule has 0 spiro atoms. The molecule has 0 aliphatic heterocycles. The third-order valence-electron chi connectivity index (χ3n) is 3.60. The van der Waals surface area contributed by atoms with Gasteiger partial charge in [0.15, 0.2) is 0 Å². The first kappa shape index (κ1) is 19.6. The van der Waals surface area contributed by atoms with Gasteiger partial charge in [-0.05, 0) is 18.1 Å². The number of nitrogens with zero attached hydrogens (tertiary/aromatic N) is 1. The number of benzene rings is 2. The fourth-order valence-electron chi connectivity index (χ4n) is 2.48. The Morgan fingerprint density at radius 3 is 1.81 bits per heavy atom. The van der Waals surface area contributed by atoms with E-state index < -0.39 is 17.8 Å². The number of hydrogen-bond acceptors (Lipinski definition) is 3. The number of allylic oxidation sites excluding steroid dienone is 1. The lowest BCUT2D eigenvalue weighted by atomic mass is 10.1. The molecule has 6 heteroatoms. The molecule has 138 valence electrons. The summed E-state index contributed by atoms with van der Waals surface area (Å²) in [4.78, 5) is 12.8. The maximum absolute atomic E-state index is 13.7. The summed E-state index contributed by atoms with van der Waals surface area (Å²) < 4.78 is 45.7. The molecule has 0 saturated carbocycles. The molecule has 2 rings (SSSR count). The van der Waals surface area contributed by atoms with E-state index in [1.54, 1.807) is 67.6 Å². The third kappa shape index (κ3) is 5.95. The Bertz CT molecular complexity index is 686. The Labute approximate surface area is 150 Å². The van der Waals surface area contributed by atoms with Gasteiger partial charge < -0.3 is 9.64 Å². The molecule has 0 fully saturated rings. The number of rotatable bonds is 7. The maximum atomic E-state index is 13.7. The van der Waals surface area contributed by atoms with Gasteiger partial charge in [0.2, 0.25) is 0 Å². The van der Waals surface area contributed by atoms with E-state index in [0.29, 0.717) is 17.2 Å². The molecule has 0 aromatic heterocycles. The minimum atomic E-state index is -4.68. The molecular formula is C20H20F3NO2. The molecule has 0 aliphatic rings. The van der Waals surface area contributed by atoms with E-state index >= 15 is 0 Å². The van der Waals surface area contributed by atoms with Crippen LogP contribution in [0, 0.1) is 0 Å². The lowest BCUT2D eigenvalue weighted by Gasteiger charge is -2.29. The zero-order chi connectivity index (χ0) is 19.0. The van der Waals surface area contributed by atoms with Gasteiger partial charge in [-0.25, -0.2) is 4.79 Å². The first-order chi connectivity index (χ1) is 12.4. The number of carbonyl (C=O) groups excluding carboxylic acids is 1. The molecule has 0 radical (unpaired) electrons. The second-order valence-electron chi connectivity index (χ2n) is 5.61. The molecular weight excluding hydrogens is 343 g/mol. The monoisotopic (exact) mass is 363 g/mol. The summed E-state index contributed by atoms with van der Waals surface area (Å²) in [5.74, 6) is -1.01. The Kier molecular flexibility index (Phi) is 6.83. The van der Waals surface area contributed by atoms with Gasteiger partial charge in [0, 0.05) is 13.1 Å². The smallest absolute Gasteiger partial charge is 0.431 e. The van der Waals surface area contributed by atoms with Gasteiger partial charge in [0.1, 0.15) is 5.70 Å². The molecule has 0 aliphatic carbocycles. The first-order valence-corrected chi connectivity index (χ1v) is 8.18. The molecule has 0 atom stereocenters. The first-order valence-electron chi connectivity index (χ1n) is 8.18. The predicted octanol–water partition coefficient (Wildman–Crippen LogP) is 4.70. The van der Waals surface area contributed by atoms with E-state index in [0.717, 1.165) is 4.90 Å². The van der Waals surface area contributed by atoms with Crippen LogP contribution < -0.4 is 0 Å². The fraction of sp³-hybridized carbons (Fsp3) is 0.250. The largest absolute Gasteiger partial charge is 0.463 e. The highest BCUT2D eigenvalue weighted by atomic mass is 19.4. The molecule has 2 aromatic carbocycles. The Hall–Kier alpha value is -2.76. The van der Waals surface area contributed by atoms with Crippen LogP contribution in [-0.4, -0.2) is 23.7 Å². The van der Waals surface area contributed by atoms with Crippen LogP contribution in [-0.2, 0) is 22.6 Å². The van der Waals surface area contributed by atoms with Crippen molar-refractivity contribution in [2.75, 3.05) is 6.61 Å². The van der Waals surface area contributed by atoms with E-state index in [9.17, 15) is 18.0 Å². The second-order valence-corrected chi connectivity index (χ2v) is 5.61. The van der Waals surface area contributed by atoms with Gasteiger partial charge in [-0.15, -0.1) is 0 Å². The van der Waals surface area contributed by atoms with Crippen LogP contribution in [0.3, 0.4) is 0 Å². The predicted molar refractivity (Wildman–Crippen MR) is 92.9 cm³/mol. The number of hydrogen-bond donors (Lipinski definition) is 0. The molecule has 0 bridgehead atoms. The van der Waals surface area contributed by atoms with Crippen LogP contribution in [0.25, 0.3) is 0 Å². The van der Waals surface area contributed by atoms with Gasteiger partial charge in [0.05, 0.1) is 12.7 Å². The summed E-state index contributed by atoms with van der Waals surface area (Å²) in [7, 11) is 0. The van der Waals surface area contributed by atoms with E-state index in [2.05, 4.69) is 4.74 Å². The highest BCUT2D eigenvalue weighted by molar-refractivity contribution is 5.82. The highest BCUT2D eigenvalue weighted by Crippen LogP contribution is 2.31. The normalized spacial score (nSPS) is 11.9. The number of ether oxygens (including phenoxy) is 1. The lowest BCUT2D eigenvalue weighted by Crippen LogP contribution is -2.32. The summed E-state index contributed by atoms with van der Waals surface area (Å²) in [6.07, 6.45) is -4.16. The highest BCUT2D eigenvalue weighted by Gasteiger charge is 2.38. The SMILES string of the molecule is CCOC(=O)/C=C(/N(Cc1ccccc1)Cc1ccccc1)C(F)(F)F. The summed E-state index contributed by atoms with van der Waals surface area (Å²) in [6, 6.07) is 17.6. The fourth-order valence-corrected chi connectivity index (χ4v) is 2.48. The molecule has 0 unspecified atom stereocenters. The number of halogens is 3.